The van der Waals surface area contributed by atoms with Crippen LogP contribution in [0.25, 0.3) is 21.7 Å². The highest BCUT2D eigenvalue weighted by Gasteiger charge is 2.44. The SMILES string of the molecule is COC(=O)[C@@H]1[C@@H](c2ccc3ccccc3c2)N(CCc2ccc(Cl)cc2NCCOCCOCCOCCNC(=O)c2ccc(NCC#Cc3cc4c(N[C@@H]5CCN(C)C[C@@H]5F)cccc4n3CC(F)(F)F)c(OC)c2)C(=O)CN1C. The number of nitrogens with one attached hydrogen (secondary N) is 4. The van der Waals surface area contributed by atoms with Crippen LogP contribution in [0.15, 0.2) is 103 Å². The van der Waals surface area contributed by atoms with Crippen molar-refractivity contribution in [3.63, 3.8) is 0 Å². The smallest absolute Gasteiger partial charge is 0.406 e. The highest BCUT2D eigenvalue weighted by molar-refractivity contribution is 6.30. The number of fused-ring (bicyclic) bond motifs is 2. The molecule has 4 N–H and O–H groups in total. The Bertz CT molecular complexity index is 3190. The molecule has 2 amide bonds. The largest absolute Gasteiger partial charge is 0.495 e. The number of piperidine rings is 1. The molecule has 3 heterocycles. The number of benzene rings is 5. The summed E-state index contributed by atoms with van der Waals surface area (Å²) in [6.07, 6.45) is -4.58. The summed E-state index contributed by atoms with van der Waals surface area (Å²) in [5, 5.41) is 15.7. The molecule has 432 valence electrons. The summed E-state index contributed by atoms with van der Waals surface area (Å²) in [5.41, 5.74) is 4.54. The van der Waals surface area contributed by atoms with Gasteiger partial charge in [-0.25, -0.2) is 4.39 Å². The number of hydrogen-bond donors (Lipinski definition) is 4. The Balaban J connectivity index is 0.724. The third-order valence-corrected chi connectivity index (χ3v) is 14.6. The fourth-order valence-electron chi connectivity index (χ4n) is 10.3. The van der Waals surface area contributed by atoms with Gasteiger partial charge in [0.25, 0.3) is 5.91 Å². The number of likely N-dealkylation sites (tertiary alicyclic amines) is 1. The molecular weight excluding hydrogens is 1070 g/mol. The number of carbonyl (C=O) groups is 3. The molecule has 81 heavy (non-hydrogen) atoms. The molecule has 0 saturated carbocycles. The Morgan fingerprint density at radius 3 is 2.30 bits per heavy atom. The normalized spacial score (nSPS) is 17.9. The number of amides is 2. The summed E-state index contributed by atoms with van der Waals surface area (Å²) in [6.45, 7) is 2.92. The van der Waals surface area contributed by atoms with Crippen LogP contribution in [0.4, 0.5) is 34.6 Å². The Hall–Kier alpha value is -7.12. The van der Waals surface area contributed by atoms with E-state index in [9.17, 15) is 31.9 Å². The van der Waals surface area contributed by atoms with Crippen molar-refractivity contribution in [3.05, 3.63) is 131 Å². The lowest BCUT2D eigenvalue weighted by molar-refractivity contribution is -0.158. The molecule has 5 aromatic carbocycles. The molecule has 0 aliphatic carbocycles. The fraction of sp³-hybridized carbons (Fsp3) is 0.417. The average Bonchev–Trinajstić information content (AvgIpc) is 3.95. The highest BCUT2D eigenvalue weighted by atomic mass is 35.5. The van der Waals surface area contributed by atoms with Gasteiger partial charge in [-0.2, -0.15) is 13.2 Å². The van der Waals surface area contributed by atoms with Crippen molar-refractivity contribution in [2.45, 2.75) is 49.9 Å². The summed E-state index contributed by atoms with van der Waals surface area (Å²) in [6, 6.07) is 29.3. The number of nitrogens with zero attached hydrogens (tertiary/aromatic N) is 4. The molecule has 2 aliphatic rings. The maximum atomic E-state index is 14.9. The van der Waals surface area contributed by atoms with E-state index in [0.29, 0.717) is 104 Å². The van der Waals surface area contributed by atoms with Crippen LogP contribution in [0.2, 0.25) is 5.02 Å². The van der Waals surface area contributed by atoms with Crippen LogP contribution in [-0.4, -0.2) is 175 Å². The van der Waals surface area contributed by atoms with Crippen LogP contribution in [0.1, 0.15) is 39.6 Å². The minimum atomic E-state index is -4.51. The lowest BCUT2D eigenvalue weighted by atomic mass is 9.91. The van der Waals surface area contributed by atoms with Gasteiger partial charge in [0, 0.05) is 60.1 Å². The van der Waals surface area contributed by atoms with Gasteiger partial charge in [0.1, 0.15) is 24.5 Å². The average molecular weight is 1140 g/mol. The van der Waals surface area contributed by atoms with Gasteiger partial charge >= 0.3 is 12.1 Å². The molecular formula is C60H69ClF4N8O8. The van der Waals surface area contributed by atoms with Crippen LogP contribution in [-0.2, 0) is 41.5 Å². The van der Waals surface area contributed by atoms with Crippen molar-refractivity contribution < 1.29 is 55.6 Å². The molecule has 2 saturated heterocycles. The van der Waals surface area contributed by atoms with Crippen LogP contribution in [0.5, 0.6) is 5.75 Å². The van der Waals surface area contributed by atoms with Gasteiger partial charge in [0.15, 0.2) is 0 Å². The summed E-state index contributed by atoms with van der Waals surface area (Å²) in [4.78, 5) is 45.4. The number of alkyl halides is 4. The number of piperazine rings is 1. The number of anilines is 3. The van der Waals surface area contributed by atoms with Gasteiger partial charge in [-0.05, 0) is 109 Å². The van der Waals surface area contributed by atoms with E-state index in [1.165, 1.54) is 14.2 Å². The number of esters is 1. The number of hydrogen-bond acceptors (Lipinski definition) is 13. The standard InChI is InChI=1S/C60H69ClF4N8O8/c1-70-25-21-50(48(62)37-70)69-49-12-7-13-53-47(49)36-46(73(53)39-60(63,64)65)11-8-22-66-51-19-17-44(34-54(51)77-3)58(75)68-24-28-80-30-32-81-31-29-79-27-23-67-52-35-45(61)18-16-41(52)20-26-72-55(74)38-71(2)57(59(76)78-4)56(72)43-15-14-40-9-5-6-10-42(40)33-43/h5-7,9-10,12-19,33-36,48,50,56-57,66-67,69H,20-32,37-39H2,1-4H3,(H,68,75)/t48-,50+,56+,57-/m0/s1. The Labute approximate surface area is 474 Å². The van der Waals surface area contributed by atoms with Gasteiger partial charge < -0.3 is 59.3 Å². The van der Waals surface area contributed by atoms with Crippen LogP contribution >= 0.6 is 11.6 Å². The first kappa shape index (κ1) is 60.0. The molecule has 4 atom stereocenters. The second kappa shape index (κ2) is 28.5. The van der Waals surface area contributed by atoms with Gasteiger partial charge in [-0.1, -0.05) is 66.1 Å². The quantitative estimate of drug-likeness (QED) is 0.0188. The van der Waals surface area contributed by atoms with Crippen molar-refractivity contribution in [1.82, 2.24) is 24.6 Å². The van der Waals surface area contributed by atoms with Gasteiger partial charge in [-0.15, -0.1) is 0 Å². The number of methoxy groups -OCH3 is 2. The van der Waals surface area contributed by atoms with Crippen LogP contribution in [0.3, 0.4) is 0 Å². The first-order valence-corrected chi connectivity index (χ1v) is 27.3. The van der Waals surface area contributed by atoms with E-state index in [1.54, 1.807) is 59.3 Å². The lowest BCUT2D eigenvalue weighted by Gasteiger charge is -2.45. The maximum Gasteiger partial charge on any atom is 0.406 e. The second-order valence-electron chi connectivity index (χ2n) is 20.0. The number of carbonyl (C=O) groups excluding carboxylic acids is 3. The molecule has 21 heteroatoms. The van der Waals surface area contributed by atoms with Crippen molar-refractivity contribution in [2.24, 2.45) is 0 Å². The number of likely N-dealkylation sites (N-methyl/N-ethyl adjacent to an activating group) is 1. The molecule has 16 nitrogen and oxygen atoms in total. The fourth-order valence-corrected chi connectivity index (χ4v) is 10.4. The third kappa shape index (κ3) is 16.1. The third-order valence-electron chi connectivity index (χ3n) is 14.3. The zero-order chi connectivity index (χ0) is 57.5. The minimum absolute atomic E-state index is 0.0565. The number of aromatic nitrogens is 1. The predicted octanol–water partition coefficient (Wildman–Crippen LogP) is 8.43. The van der Waals surface area contributed by atoms with Crippen LogP contribution in [0, 0.1) is 11.8 Å². The maximum absolute atomic E-state index is 14.9. The van der Waals surface area contributed by atoms with E-state index in [0.717, 1.165) is 32.2 Å². The molecule has 2 aliphatic heterocycles. The van der Waals surface area contributed by atoms with E-state index in [4.69, 9.17) is 35.3 Å². The summed E-state index contributed by atoms with van der Waals surface area (Å²) in [7, 11) is 6.45. The first-order chi connectivity index (χ1) is 39.1. The van der Waals surface area contributed by atoms with Gasteiger partial charge in [0.2, 0.25) is 5.91 Å². The second-order valence-corrected chi connectivity index (χ2v) is 20.4. The Morgan fingerprint density at radius 1 is 0.802 bits per heavy atom. The summed E-state index contributed by atoms with van der Waals surface area (Å²) >= 11 is 6.43. The van der Waals surface area contributed by atoms with E-state index in [1.807, 2.05) is 72.6 Å². The molecule has 0 radical (unpaired) electrons. The monoisotopic (exact) mass is 1140 g/mol. The zero-order valence-corrected chi connectivity index (χ0v) is 46.6. The first-order valence-electron chi connectivity index (χ1n) is 26.9. The predicted molar refractivity (Wildman–Crippen MR) is 306 cm³/mol. The Morgan fingerprint density at radius 2 is 1.56 bits per heavy atom. The highest BCUT2D eigenvalue weighted by Crippen LogP contribution is 2.36. The zero-order valence-electron chi connectivity index (χ0n) is 45.9. The van der Waals surface area contributed by atoms with Crippen molar-refractivity contribution >= 4 is 68.1 Å². The lowest BCUT2D eigenvalue weighted by Crippen LogP contribution is -2.59. The number of ether oxygens (including phenoxy) is 5. The van der Waals surface area contributed by atoms with Crippen molar-refractivity contribution in [1.29, 1.82) is 0 Å². The topological polar surface area (TPSA) is 160 Å². The van der Waals surface area contributed by atoms with Gasteiger partial charge in [-0.3, -0.25) is 19.3 Å². The molecule has 0 unspecified atom stereocenters. The molecule has 6 aromatic rings. The van der Waals surface area contributed by atoms with E-state index in [-0.39, 0.29) is 50.3 Å². The van der Waals surface area contributed by atoms with Crippen molar-refractivity contribution in [3.8, 4) is 17.6 Å². The van der Waals surface area contributed by atoms with Crippen molar-refractivity contribution in [2.75, 3.05) is 130 Å². The minimum Gasteiger partial charge on any atom is -0.495 e. The molecule has 0 bridgehead atoms. The van der Waals surface area contributed by atoms with E-state index < -0.39 is 43.0 Å². The molecule has 8 rings (SSSR count). The number of rotatable bonds is 25. The van der Waals surface area contributed by atoms with E-state index >= 15 is 0 Å². The summed E-state index contributed by atoms with van der Waals surface area (Å²) in [5.74, 6) is 5.33. The van der Waals surface area contributed by atoms with Crippen LogP contribution < -0.4 is 26.0 Å². The summed E-state index contributed by atoms with van der Waals surface area (Å²) < 4.78 is 85.3. The van der Waals surface area contributed by atoms with E-state index in [2.05, 4.69) is 33.1 Å². The van der Waals surface area contributed by atoms with Gasteiger partial charge in [0.05, 0.1) is 95.9 Å². The molecule has 2 fully saturated rings. The Kier molecular flexibility index (Phi) is 21.1. The molecule has 1 aromatic heterocycles. The number of halogens is 5. The molecule has 0 spiro atoms.